The van der Waals surface area contributed by atoms with Crippen molar-refractivity contribution in [1.82, 2.24) is 0 Å². The fraction of sp³-hybridized carbons (Fsp3) is 0.625. The highest BCUT2D eigenvalue weighted by atomic mass is 15.2. The van der Waals surface area contributed by atoms with Crippen molar-refractivity contribution in [1.29, 1.82) is 0 Å². The molecule has 0 atom stereocenters. The standard InChI is InChI=1S/C16H24N2/c1-16(2,6-7-17)14-10-12-4-3-8-18-9-5-13(11-14)15(12)18/h10-11H,3-9,17H2,1-2H3. The van der Waals surface area contributed by atoms with Gasteiger partial charge in [0, 0.05) is 18.8 Å². The topological polar surface area (TPSA) is 29.3 Å². The minimum atomic E-state index is 0.213. The van der Waals surface area contributed by atoms with Gasteiger partial charge in [0.15, 0.2) is 0 Å². The summed E-state index contributed by atoms with van der Waals surface area (Å²) < 4.78 is 0. The molecule has 3 rings (SSSR count). The molecule has 18 heavy (non-hydrogen) atoms. The molecule has 2 aliphatic rings. The van der Waals surface area contributed by atoms with E-state index in [1.54, 1.807) is 16.8 Å². The summed E-state index contributed by atoms with van der Waals surface area (Å²) in [6.07, 6.45) is 4.86. The largest absolute Gasteiger partial charge is 0.371 e. The Bertz CT molecular complexity index is 462. The second-order valence-electron chi connectivity index (χ2n) is 6.41. The summed E-state index contributed by atoms with van der Waals surface area (Å²) in [5, 5.41) is 0. The van der Waals surface area contributed by atoms with E-state index in [1.165, 1.54) is 37.9 Å². The Morgan fingerprint density at radius 3 is 2.61 bits per heavy atom. The zero-order valence-corrected chi connectivity index (χ0v) is 11.6. The van der Waals surface area contributed by atoms with Gasteiger partial charge in [0.1, 0.15) is 0 Å². The summed E-state index contributed by atoms with van der Waals surface area (Å²) in [6.45, 7) is 7.90. The highest BCUT2D eigenvalue weighted by Crippen LogP contribution is 2.40. The number of anilines is 1. The van der Waals surface area contributed by atoms with Crippen LogP contribution in [0.1, 0.15) is 43.4 Å². The van der Waals surface area contributed by atoms with Gasteiger partial charge in [0.25, 0.3) is 0 Å². The predicted octanol–water partition coefficient (Wildman–Crippen LogP) is 2.62. The van der Waals surface area contributed by atoms with Gasteiger partial charge in [0.05, 0.1) is 0 Å². The molecule has 0 amide bonds. The van der Waals surface area contributed by atoms with E-state index in [9.17, 15) is 0 Å². The summed E-state index contributed by atoms with van der Waals surface area (Å²) in [4.78, 5) is 2.58. The van der Waals surface area contributed by atoms with Crippen molar-refractivity contribution in [3.05, 3.63) is 28.8 Å². The lowest BCUT2D eigenvalue weighted by molar-refractivity contribution is 0.486. The Labute approximate surface area is 110 Å². The Balaban J connectivity index is 2.04. The Hall–Kier alpha value is -1.02. The molecule has 0 aliphatic carbocycles. The van der Waals surface area contributed by atoms with Crippen molar-refractivity contribution < 1.29 is 0 Å². The molecule has 2 N–H and O–H groups in total. The first-order chi connectivity index (χ1) is 8.62. The molecule has 0 unspecified atom stereocenters. The highest BCUT2D eigenvalue weighted by Gasteiger charge is 2.29. The van der Waals surface area contributed by atoms with Crippen LogP contribution in [0.5, 0.6) is 0 Å². The third kappa shape index (κ3) is 1.83. The summed E-state index contributed by atoms with van der Waals surface area (Å²) in [5.41, 5.74) is 12.2. The predicted molar refractivity (Wildman–Crippen MR) is 77.4 cm³/mol. The van der Waals surface area contributed by atoms with E-state index in [4.69, 9.17) is 5.73 Å². The summed E-state index contributed by atoms with van der Waals surface area (Å²) in [5.74, 6) is 0. The molecule has 1 aromatic rings. The second-order valence-corrected chi connectivity index (χ2v) is 6.41. The van der Waals surface area contributed by atoms with Crippen molar-refractivity contribution in [3.63, 3.8) is 0 Å². The summed E-state index contributed by atoms with van der Waals surface area (Å²) >= 11 is 0. The third-order valence-electron chi connectivity index (χ3n) is 4.66. The molecular formula is C16H24N2. The fourth-order valence-corrected chi connectivity index (χ4v) is 3.49. The molecule has 98 valence electrons. The van der Waals surface area contributed by atoms with Crippen molar-refractivity contribution in [2.75, 3.05) is 24.5 Å². The monoisotopic (exact) mass is 244 g/mol. The smallest absolute Gasteiger partial charge is 0.0432 e. The SMILES string of the molecule is CC(C)(CCN)c1cc2c3c(c1)CCN3CCC2. The van der Waals surface area contributed by atoms with E-state index in [-0.39, 0.29) is 5.41 Å². The molecule has 2 heterocycles. The average Bonchev–Trinajstić information content (AvgIpc) is 2.75. The van der Waals surface area contributed by atoms with E-state index in [2.05, 4.69) is 30.9 Å². The first-order valence-corrected chi connectivity index (χ1v) is 7.23. The van der Waals surface area contributed by atoms with E-state index < -0.39 is 0 Å². The lowest BCUT2D eigenvalue weighted by atomic mass is 9.79. The van der Waals surface area contributed by atoms with Gasteiger partial charge >= 0.3 is 0 Å². The van der Waals surface area contributed by atoms with Crippen molar-refractivity contribution in [2.24, 2.45) is 5.73 Å². The highest BCUT2D eigenvalue weighted by molar-refractivity contribution is 5.66. The molecular weight excluding hydrogens is 220 g/mol. The van der Waals surface area contributed by atoms with Crippen LogP contribution in [0.2, 0.25) is 0 Å². The van der Waals surface area contributed by atoms with Gasteiger partial charge in [0.2, 0.25) is 0 Å². The maximum Gasteiger partial charge on any atom is 0.0432 e. The number of hydrogen-bond donors (Lipinski definition) is 1. The van der Waals surface area contributed by atoms with Gasteiger partial charge < -0.3 is 10.6 Å². The quantitative estimate of drug-likeness (QED) is 0.885. The first kappa shape index (κ1) is 12.0. The maximum atomic E-state index is 5.76. The third-order valence-corrected chi connectivity index (χ3v) is 4.66. The number of nitrogens with zero attached hydrogens (tertiary/aromatic N) is 1. The molecule has 2 heteroatoms. The van der Waals surface area contributed by atoms with Gasteiger partial charge in [-0.15, -0.1) is 0 Å². The van der Waals surface area contributed by atoms with Crippen LogP contribution in [-0.4, -0.2) is 19.6 Å². The Kier molecular flexibility index (Phi) is 2.86. The van der Waals surface area contributed by atoms with Crippen LogP contribution < -0.4 is 10.6 Å². The maximum absolute atomic E-state index is 5.76. The van der Waals surface area contributed by atoms with Gasteiger partial charge in [-0.25, -0.2) is 0 Å². The van der Waals surface area contributed by atoms with E-state index >= 15 is 0 Å². The summed E-state index contributed by atoms with van der Waals surface area (Å²) in [6, 6.07) is 4.89. The number of nitrogens with two attached hydrogens (primary N) is 1. The van der Waals surface area contributed by atoms with Gasteiger partial charge in [-0.3, -0.25) is 0 Å². The van der Waals surface area contributed by atoms with Crippen LogP contribution in [0.25, 0.3) is 0 Å². The van der Waals surface area contributed by atoms with Crippen molar-refractivity contribution in [2.45, 2.75) is 44.9 Å². The van der Waals surface area contributed by atoms with Crippen LogP contribution in [0.4, 0.5) is 5.69 Å². The van der Waals surface area contributed by atoms with Crippen LogP contribution in [0.15, 0.2) is 12.1 Å². The number of rotatable bonds is 3. The zero-order chi connectivity index (χ0) is 12.8. The lowest BCUT2D eigenvalue weighted by Gasteiger charge is -2.31. The summed E-state index contributed by atoms with van der Waals surface area (Å²) in [7, 11) is 0. The van der Waals surface area contributed by atoms with Crippen LogP contribution >= 0.6 is 0 Å². The molecule has 0 radical (unpaired) electrons. The zero-order valence-electron chi connectivity index (χ0n) is 11.6. The molecule has 0 aromatic heterocycles. The lowest BCUT2D eigenvalue weighted by Crippen LogP contribution is -2.27. The average molecular weight is 244 g/mol. The molecule has 0 saturated carbocycles. The van der Waals surface area contributed by atoms with Crippen molar-refractivity contribution in [3.8, 4) is 0 Å². The van der Waals surface area contributed by atoms with Crippen LogP contribution in [-0.2, 0) is 18.3 Å². The minimum Gasteiger partial charge on any atom is -0.371 e. The first-order valence-electron chi connectivity index (χ1n) is 7.23. The Morgan fingerprint density at radius 2 is 1.89 bits per heavy atom. The van der Waals surface area contributed by atoms with Crippen LogP contribution in [0.3, 0.4) is 0 Å². The van der Waals surface area contributed by atoms with Gasteiger partial charge in [-0.2, -0.15) is 0 Å². The number of hydrogen-bond acceptors (Lipinski definition) is 2. The number of aryl methyl sites for hydroxylation is 1. The molecule has 0 spiro atoms. The van der Waals surface area contributed by atoms with E-state index in [1.807, 2.05) is 0 Å². The number of benzene rings is 1. The molecule has 2 nitrogen and oxygen atoms in total. The van der Waals surface area contributed by atoms with Crippen molar-refractivity contribution >= 4 is 5.69 Å². The van der Waals surface area contributed by atoms with Gasteiger partial charge in [-0.05, 0) is 54.3 Å². The minimum absolute atomic E-state index is 0.213. The Morgan fingerprint density at radius 1 is 1.17 bits per heavy atom. The molecule has 0 saturated heterocycles. The second kappa shape index (κ2) is 4.27. The van der Waals surface area contributed by atoms with E-state index in [0.717, 1.165) is 13.0 Å². The van der Waals surface area contributed by atoms with E-state index in [0.29, 0.717) is 0 Å². The molecule has 1 aromatic carbocycles. The van der Waals surface area contributed by atoms with Crippen LogP contribution in [0, 0.1) is 0 Å². The molecule has 0 fully saturated rings. The normalized spacial score (nSPS) is 18.1. The molecule has 0 bridgehead atoms. The fourth-order valence-electron chi connectivity index (χ4n) is 3.49. The van der Waals surface area contributed by atoms with Gasteiger partial charge in [-0.1, -0.05) is 26.0 Å². The molecule has 2 aliphatic heterocycles.